The summed E-state index contributed by atoms with van der Waals surface area (Å²) < 4.78 is 12.6. The lowest BCUT2D eigenvalue weighted by Gasteiger charge is -2.29. The first-order valence-electron chi connectivity index (χ1n) is 10.3. The molecule has 1 N–H and O–H groups in total. The van der Waals surface area contributed by atoms with Gasteiger partial charge in [0.2, 0.25) is 0 Å². The molecule has 2 aliphatic rings. The van der Waals surface area contributed by atoms with Crippen molar-refractivity contribution in [2.75, 3.05) is 52.6 Å². The average Bonchev–Trinajstić information content (AvgIpc) is 2.83. The number of hydrogen-bond acceptors (Lipinski definition) is 7. The maximum absolute atomic E-state index is 10.9. The Morgan fingerprint density at radius 1 is 0.806 bits per heavy atom. The van der Waals surface area contributed by atoms with Crippen LogP contribution in [-0.2, 0) is 21.0 Å². The molecular formula is C22H26N2O3S4. The topological polar surface area (TPSA) is 45.2 Å². The standard InChI is InChI=1S/C22H26N2O3S4/c25-20-17(15-31-22(29)24-7-11-27-12-8-24)13-16(18-3-1-2-4-19(18)20)14-30-21(28)23-5-9-26-10-6-23/h1-4,13,25H,5-12,14-15H2. The SMILES string of the molecule is Oc1c(CSC(=S)N2CCOCC2)cc(CSC(=S)N2CCOCC2)c2ccccc12. The Labute approximate surface area is 202 Å². The smallest absolute Gasteiger partial charge is 0.136 e. The van der Waals surface area contributed by atoms with Gasteiger partial charge in [0.1, 0.15) is 14.4 Å². The molecule has 2 heterocycles. The van der Waals surface area contributed by atoms with Crippen LogP contribution in [0.5, 0.6) is 5.75 Å². The van der Waals surface area contributed by atoms with Gasteiger partial charge in [0.15, 0.2) is 0 Å². The largest absolute Gasteiger partial charge is 0.507 e. The number of aromatic hydroxyl groups is 1. The van der Waals surface area contributed by atoms with E-state index in [9.17, 15) is 5.11 Å². The van der Waals surface area contributed by atoms with E-state index in [4.69, 9.17) is 33.9 Å². The Hall–Kier alpha value is -1.10. The van der Waals surface area contributed by atoms with E-state index < -0.39 is 0 Å². The number of ether oxygens (including phenoxy) is 2. The minimum Gasteiger partial charge on any atom is -0.507 e. The minimum absolute atomic E-state index is 0.345. The van der Waals surface area contributed by atoms with Crippen molar-refractivity contribution < 1.29 is 14.6 Å². The number of phenolic OH excluding ortho intramolecular Hbond substituents is 1. The molecule has 0 aliphatic carbocycles. The maximum Gasteiger partial charge on any atom is 0.136 e. The molecule has 2 aromatic carbocycles. The lowest BCUT2D eigenvalue weighted by molar-refractivity contribution is 0.0702. The van der Waals surface area contributed by atoms with E-state index in [1.165, 1.54) is 5.56 Å². The van der Waals surface area contributed by atoms with Crippen molar-refractivity contribution in [3.63, 3.8) is 0 Å². The Kier molecular flexibility index (Phi) is 8.30. The molecule has 0 unspecified atom stereocenters. The summed E-state index contributed by atoms with van der Waals surface area (Å²) in [4.78, 5) is 4.39. The van der Waals surface area contributed by atoms with Crippen LogP contribution in [-0.4, -0.2) is 76.2 Å². The Morgan fingerprint density at radius 3 is 1.84 bits per heavy atom. The Morgan fingerprint density at radius 2 is 1.29 bits per heavy atom. The van der Waals surface area contributed by atoms with Crippen LogP contribution in [0.25, 0.3) is 10.8 Å². The second-order valence-corrected chi connectivity index (χ2v) is 10.6. The minimum atomic E-state index is 0.345. The third-order valence-electron chi connectivity index (χ3n) is 5.42. The molecule has 0 radical (unpaired) electrons. The van der Waals surface area contributed by atoms with Gasteiger partial charge in [-0.1, -0.05) is 72.2 Å². The molecule has 166 valence electrons. The molecule has 2 aliphatic heterocycles. The summed E-state index contributed by atoms with van der Waals surface area (Å²) in [6.07, 6.45) is 0. The normalized spacial score (nSPS) is 17.2. The predicted octanol–water partition coefficient (Wildman–Crippen LogP) is 4.25. The van der Waals surface area contributed by atoms with E-state index in [1.54, 1.807) is 23.5 Å². The summed E-state index contributed by atoms with van der Waals surface area (Å²) in [5.74, 6) is 1.75. The molecule has 0 saturated carbocycles. The maximum atomic E-state index is 10.9. The van der Waals surface area contributed by atoms with Crippen molar-refractivity contribution in [3.05, 3.63) is 41.5 Å². The van der Waals surface area contributed by atoms with Crippen molar-refractivity contribution in [1.29, 1.82) is 0 Å². The van der Waals surface area contributed by atoms with Crippen LogP contribution in [0, 0.1) is 0 Å². The van der Waals surface area contributed by atoms with Crippen LogP contribution < -0.4 is 0 Å². The van der Waals surface area contributed by atoms with E-state index in [2.05, 4.69) is 21.9 Å². The first kappa shape index (κ1) is 23.1. The first-order valence-corrected chi connectivity index (χ1v) is 13.1. The monoisotopic (exact) mass is 494 g/mol. The molecule has 4 rings (SSSR count). The molecule has 0 spiro atoms. The van der Waals surface area contributed by atoms with Gasteiger partial charge in [-0.3, -0.25) is 0 Å². The molecular weight excluding hydrogens is 469 g/mol. The van der Waals surface area contributed by atoms with Gasteiger partial charge in [-0.05, 0) is 17.0 Å². The number of morpholine rings is 2. The lowest BCUT2D eigenvalue weighted by atomic mass is 10.0. The average molecular weight is 495 g/mol. The highest BCUT2D eigenvalue weighted by molar-refractivity contribution is 8.22. The number of nitrogens with zero attached hydrogens (tertiary/aromatic N) is 2. The molecule has 0 aromatic heterocycles. The van der Waals surface area contributed by atoms with Crippen molar-refractivity contribution >= 4 is 67.4 Å². The molecule has 5 nitrogen and oxygen atoms in total. The van der Waals surface area contributed by atoms with Gasteiger partial charge in [0.05, 0.1) is 26.4 Å². The molecule has 0 amide bonds. The summed E-state index contributed by atoms with van der Waals surface area (Å²) in [7, 11) is 0. The van der Waals surface area contributed by atoms with Gasteiger partial charge >= 0.3 is 0 Å². The predicted molar refractivity (Wildman–Crippen MR) is 138 cm³/mol. The molecule has 0 bridgehead atoms. The van der Waals surface area contributed by atoms with Gasteiger partial charge in [-0.2, -0.15) is 0 Å². The number of benzene rings is 2. The molecule has 9 heteroatoms. The summed E-state index contributed by atoms with van der Waals surface area (Å²) in [6, 6.07) is 10.1. The van der Waals surface area contributed by atoms with E-state index in [0.29, 0.717) is 24.7 Å². The van der Waals surface area contributed by atoms with Gasteiger partial charge in [0, 0.05) is 48.6 Å². The van der Waals surface area contributed by atoms with Crippen LogP contribution in [0.1, 0.15) is 11.1 Å². The zero-order valence-corrected chi connectivity index (χ0v) is 20.5. The number of hydrogen-bond donors (Lipinski definition) is 1. The quantitative estimate of drug-likeness (QED) is 0.629. The molecule has 2 fully saturated rings. The van der Waals surface area contributed by atoms with E-state index in [1.807, 2.05) is 18.2 Å². The molecule has 0 atom stereocenters. The van der Waals surface area contributed by atoms with Crippen molar-refractivity contribution in [2.24, 2.45) is 0 Å². The van der Waals surface area contributed by atoms with Crippen molar-refractivity contribution in [2.45, 2.75) is 11.5 Å². The van der Waals surface area contributed by atoms with Gasteiger partial charge in [0.25, 0.3) is 0 Å². The van der Waals surface area contributed by atoms with Crippen LogP contribution in [0.15, 0.2) is 30.3 Å². The lowest BCUT2D eigenvalue weighted by Crippen LogP contribution is -2.38. The number of fused-ring (bicyclic) bond motifs is 1. The zero-order chi connectivity index (χ0) is 21.6. The zero-order valence-electron chi connectivity index (χ0n) is 17.2. The van der Waals surface area contributed by atoms with Gasteiger partial charge < -0.3 is 24.4 Å². The Bertz CT molecular complexity index is 944. The summed E-state index contributed by atoms with van der Waals surface area (Å²) in [5.41, 5.74) is 2.09. The molecule has 2 aromatic rings. The van der Waals surface area contributed by atoms with Gasteiger partial charge in [-0.15, -0.1) is 0 Å². The van der Waals surface area contributed by atoms with Crippen LogP contribution in [0.3, 0.4) is 0 Å². The van der Waals surface area contributed by atoms with Crippen molar-refractivity contribution in [1.82, 2.24) is 9.80 Å². The second-order valence-electron chi connectivity index (χ2n) is 7.40. The summed E-state index contributed by atoms with van der Waals surface area (Å²) in [5, 5.41) is 12.9. The number of rotatable bonds is 4. The highest BCUT2D eigenvalue weighted by Crippen LogP contribution is 2.36. The summed E-state index contributed by atoms with van der Waals surface area (Å²) in [6.45, 7) is 6.25. The highest BCUT2D eigenvalue weighted by atomic mass is 32.2. The Balaban J connectivity index is 1.49. The van der Waals surface area contributed by atoms with E-state index in [-0.39, 0.29) is 0 Å². The third-order valence-corrected chi connectivity index (χ3v) is 8.57. The second kappa shape index (κ2) is 11.2. The van der Waals surface area contributed by atoms with Crippen LogP contribution in [0.4, 0.5) is 0 Å². The molecule has 2 saturated heterocycles. The first-order chi connectivity index (χ1) is 15.1. The number of phenols is 1. The number of thiocarbonyl (C=S) groups is 2. The highest BCUT2D eigenvalue weighted by Gasteiger charge is 2.18. The fourth-order valence-electron chi connectivity index (χ4n) is 3.68. The van der Waals surface area contributed by atoms with Crippen molar-refractivity contribution in [3.8, 4) is 5.75 Å². The third kappa shape index (κ3) is 5.83. The van der Waals surface area contributed by atoms with E-state index in [0.717, 1.165) is 70.1 Å². The molecule has 31 heavy (non-hydrogen) atoms. The number of thioether (sulfide) groups is 2. The van der Waals surface area contributed by atoms with E-state index >= 15 is 0 Å². The van der Waals surface area contributed by atoms with Crippen LogP contribution in [0.2, 0.25) is 0 Å². The fraction of sp³-hybridized carbons (Fsp3) is 0.455. The fourth-order valence-corrected chi connectivity index (χ4v) is 6.15. The summed E-state index contributed by atoms with van der Waals surface area (Å²) >= 11 is 14.6. The van der Waals surface area contributed by atoms with Gasteiger partial charge in [-0.25, -0.2) is 0 Å². The van der Waals surface area contributed by atoms with Crippen LogP contribution >= 0.6 is 48.0 Å².